The van der Waals surface area contributed by atoms with Crippen molar-refractivity contribution in [2.24, 2.45) is 5.73 Å². The van der Waals surface area contributed by atoms with Crippen molar-refractivity contribution in [1.82, 2.24) is 0 Å². The van der Waals surface area contributed by atoms with Crippen molar-refractivity contribution in [3.05, 3.63) is 65.7 Å². The Labute approximate surface area is 119 Å². The molecule has 0 spiro atoms. The monoisotopic (exact) mass is 269 g/mol. The Hall–Kier alpha value is -2.13. The van der Waals surface area contributed by atoms with Crippen LogP contribution in [0.25, 0.3) is 0 Å². The first-order chi connectivity index (χ1) is 9.59. The van der Waals surface area contributed by atoms with Gasteiger partial charge in [0, 0.05) is 0 Å². The molecule has 2 aromatic carbocycles. The Balaban J connectivity index is 2.29. The Kier molecular flexibility index (Phi) is 4.53. The van der Waals surface area contributed by atoms with Gasteiger partial charge in [0.2, 0.25) is 0 Å². The normalized spacial score (nSPS) is 12.2. The minimum atomic E-state index is -0.673. The molecule has 1 atom stereocenters. The lowest BCUT2D eigenvalue weighted by Gasteiger charge is -2.16. The van der Waals surface area contributed by atoms with Crippen LogP contribution < -0.4 is 10.5 Å². The Morgan fingerprint density at radius 2 is 1.60 bits per heavy atom. The average molecular weight is 269 g/mol. The van der Waals surface area contributed by atoms with Gasteiger partial charge in [-0.05, 0) is 31.5 Å². The number of ether oxygens (including phenoxy) is 1. The lowest BCUT2D eigenvalue weighted by atomic mass is 9.97. The maximum atomic E-state index is 12.5. The molecule has 0 aliphatic carbocycles. The number of rotatable bonds is 5. The third kappa shape index (κ3) is 3.25. The second-order valence-electron chi connectivity index (χ2n) is 4.92. The van der Waals surface area contributed by atoms with Crippen LogP contribution in [-0.2, 0) is 0 Å². The summed E-state index contributed by atoms with van der Waals surface area (Å²) in [6, 6.07) is 15.9. The highest BCUT2D eigenvalue weighted by Crippen LogP contribution is 2.24. The summed E-state index contributed by atoms with van der Waals surface area (Å²) in [4.78, 5) is 12.5. The average Bonchev–Trinajstić information content (AvgIpc) is 2.46. The van der Waals surface area contributed by atoms with E-state index in [9.17, 15) is 4.79 Å². The molecule has 0 unspecified atom stereocenters. The van der Waals surface area contributed by atoms with Gasteiger partial charge in [0.1, 0.15) is 5.75 Å². The number of carbonyl (C=O) groups is 1. The fourth-order valence-corrected chi connectivity index (χ4v) is 2.01. The third-order valence-corrected chi connectivity index (χ3v) is 2.96. The van der Waals surface area contributed by atoms with E-state index in [-0.39, 0.29) is 11.9 Å². The van der Waals surface area contributed by atoms with Crippen LogP contribution in [-0.4, -0.2) is 11.9 Å². The molecule has 0 radical (unpaired) electrons. The molecule has 20 heavy (non-hydrogen) atoms. The third-order valence-electron chi connectivity index (χ3n) is 2.96. The fourth-order valence-electron chi connectivity index (χ4n) is 2.01. The maximum absolute atomic E-state index is 12.5. The second kappa shape index (κ2) is 6.35. The number of Topliss-reactive ketones (excluding diaryl/α,β-unsaturated/α-hetero) is 1. The predicted molar refractivity (Wildman–Crippen MR) is 79.9 cm³/mol. The van der Waals surface area contributed by atoms with Crippen LogP contribution in [0.3, 0.4) is 0 Å². The van der Waals surface area contributed by atoms with Gasteiger partial charge in [-0.3, -0.25) is 4.79 Å². The summed E-state index contributed by atoms with van der Waals surface area (Å²) in [5, 5.41) is 0. The van der Waals surface area contributed by atoms with E-state index in [4.69, 9.17) is 10.5 Å². The van der Waals surface area contributed by atoms with Gasteiger partial charge in [-0.1, -0.05) is 42.5 Å². The number of carbonyl (C=O) groups excluding carboxylic acids is 1. The summed E-state index contributed by atoms with van der Waals surface area (Å²) in [7, 11) is 0. The molecule has 0 saturated carbocycles. The number of ketones is 1. The first-order valence-electron chi connectivity index (χ1n) is 6.70. The van der Waals surface area contributed by atoms with E-state index in [1.165, 1.54) is 0 Å². The van der Waals surface area contributed by atoms with Gasteiger partial charge in [-0.25, -0.2) is 0 Å². The van der Waals surface area contributed by atoms with Gasteiger partial charge >= 0.3 is 0 Å². The van der Waals surface area contributed by atoms with Crippen molar-refractivity contribution in [2.45, 2.75) is 26.0 Å². The fraction of sp³-hybridized carbons (Fsp3) is 0.235. The summed E-state index contributed by atoms with van der Waals surface area (Å²) in [6.07, 6.45) is 0.0110. The number of para-hydroxylation sites is 1. The van der Waals surface area contributed by atoms with Gasteiger partial charge in [-0.2, -0.15) is 0 Å². The van der Waals surface area contributed by atoms with Crippen LogP contribution in [0.1, 0.15) is 35.8 Å². The largest absolute Gasteiger partial charge is 0.490 e. The lowest BCUT2D eigenvalue weighted by Crippen LogP contribution is -2.22. The van der Waals surface area contributed by atoms with Crippen LogP contribution in [0.15, 0.2) is 54.6 Å². The smallest absolute Gasteiger partial charge is 0.187 e. The highest BCUT2D eigenvalue weighted by molar-refractivity contribution is 6.02. The molecule has 2 rings (SSSR count). The first kappa shape index (κ1) is 14.3. The quantitative estimate of drug-likeness (QED) is 0.847. The molecule has 0 fully saturated rings. The van der Waals surface area contributed by atoms with Crippen LogP contribution in [0.5, 0.6) is 5.75 Å². The number of nitrogens with two attached hydrogens (primary N) is 1. The zero-order chi connectivity index (χ0) is 14.5. The second-order valence-corrected chi connectivity index (χ2v) is 4.92. The molecular weight excluding hydrogens is 250 g/mol. The van der Waals surface area contributed by atoms with Crippen molar-refractivity contribution < 1.29 is 9.53 Å². The Morgan fingerprint density at radius 1 is 1.00 bits per heavy atom. The van der Waals surface area contributed by atoms with Crippen molar-refractivity contribution >= 4 is 5.78 Å². The zero-order valence-electron chi connectivity index (χ0n) is 11.7. The molecular formula is C17H19NO2. The molecule has 0 aromatic heterocycles. The van der Waals surface area contributed by atoms with Gasteiger partial charge in [0.15, 0.2) is 5.78 Å². The summed E-state index contributed by atoms with van der Waals surface area (Å²) < 4.78 is 5.68. The minimum Gasteiger partial charge on any atom is -0.490 e. The zero-order valence-corrected chi connectivity index (χ0v) is 11.7. The highest BCUT2D eigenvalue weighted by atomic mass is 16.5. The summed E-state index contributed by atoms with van der Waals surface area (Å²) in [5.74, 6) is 0.450. The van der Waals surface area contributed by atoms with E-state index in [1.807, 2.05) is 56.3 Å². The van der Waals surface area contributed by atoms with E-state index < -0.39 is 6.04 Å². The van der Waals surface area contributed by atoms with Gasteiger partial charge in [0.25, 0.3) is 0 Å². The van der Waals surface area contributed by atoms with Crippen LogP contribution >= 0.6 is 0 Å². The van der Waals surface area contributed by atoms with Crippen molar-refractivity contribution in [2.75, 3.05) is 0 Å². The molecule has 0 aliphatic heterocycles. The van der Waals surface area contributed by atoms with E-state index >= 15 is 0 Å². The van der Waals surface area contributed by atoms with Gasteiger partial charge in [0.05, 0.1) is 17.7 Å². The SMILES string of the molecule is CC(C)Oc1ccccc1C(=O)[C@H](N)c1ccccc1. The molecule has 3 nitrogen and oxygen atoms in total. The van der Waals surface area contributed by atoms with Gasteiger partial charge in [-0.15, -0.1) is 0 Å². The molecule has 3 heteroatoms. The predicted octanol–water partition coefficient (Wildman–Crippen LogP) is 3.36. The lowest BCUT2D eigenvalue weighted by molar-refractivity contribution is 0.0955. The number of hydrogen-bond donors (Lipinski definition) is 1. The maximum Gasteiger partial charge on any atom is 0.187 e. The Morgan fingerprint density at radius 3 is 2.25 bits per heavy atom. The van der Waals surface area contributed by atoms with Crippen LogP contribution in [0.4, 0.5) is 0 Å². The van der Waals surface area contributed by atoms with Crippen molar-refractivity contribution in [1.29, 1.82) is 0 Å². The van der Waals surface area contributed by atoms with Crippen LogP contribution in [0.2, 0.25) is 0 Å². The van der Waals surface area contributed by atoms with E-state index in [1.54, 1.807) is 12.1 Å². The molecule has 0 aliphatic rings. The van der Waals surface area contributed by atoms with E-state index in [2.05, 4.69) is 0 Å². The number of benzene rings is 2. The molecule has 2 N–H and O–H groups in total. The molecule has 0 bridgehead atoms. The molecule has 104 valence electrons. The first-order valence-corrected chi connectivity index (χ1v) is 6.70. The van der Waals surface area contributed by atoms with Gasteiger partial charge < -0.3 is 10.5 Å². The standard InChI is InChI=1S/C17H19NO2/c1-12(2)20-15-11-7-6-10-14(15)17(19)16(18)13-8-4-3-5-9-13/h3-12,16H,18H2,1-2H3/t16-/m1/s1. The topological polar surface area (TPSA) is 52.3 Å². The molecule has 0 saturated heterocycles. The minimum absolute atomic E-state index is 0.0110. The summed E-state index contributed by atoms with van der Waals surface area (Å²) >= 11 is 0. The number of hydrogen-bond acceptors (Lipinski definition) is 3. The Bertz CT molecular complexity index is 579. The van der Waals surface area contributed by atoms with Crippen molar-refractivity contribution in [3.8, 4) is 5.75 Å². The summed E-state index contributed by atoms with van der Waals surface area (Å²) in [6.45, 7) is 3.86. The molecule has 0 amide bonds. The van der Waals surface area contributed by atoms with E-state index in [0.29, 0.717) is 11.3 Å². The molecule has 0 heterocycles. The van der Waals surface area contributed by atoms with Crippen LogP contribution in [0, 0.1) is 0 Å². The highest BCUT2D eigenvalue weighted by Gasteiger charge is 2.21. The summed E-state index contributed by atoms with van der Waals surface area (Å²) in [5.41, 5.74) is 7.39. The molecule has 2 aromatic rings. The van der Waals surface area contributed by atoms with E-state index in [0.717, 1.165) is 5.56 Å². The van der Waals surface area contributed by atoms with Crippen molar-refractivity contribution in [3.63, 3.8) is 0 Å².